The number of rotatable bonds is 9. The number of benzene rings is 3. The summed E-state index contributed by atoms with van der Waals surface area (Å²) in [4.78, 5) is 27.5. The van der Waals surface area contributed by atoms with Gasteiger partial charge in [-0.2, -0.15) is 0 Å². The highest BCUT2D eigenvalue weighted by molar-refractivity contribution is 5.86. The van der Waals surface area contributed by atoms with E-state index in [4.69, 9.17) is 9.47 Å². The summed E-state index contributed by atoms with van der Waals surface area (Å²) in [6.45, 7) is 3.05. The van der Waals surface area contributed by atoms with Gasteiger partial charge in [0.05, 0.1) is 7.11 Å². The maximum Gasteiger partial charge on any atom is 0.333 e. The number of nitrogens with one attached hydrogen (secondary N) is 1. The van der Waals surface area contributed by atoms with Crippen molar-refractivity contribution in [1.29, 1.82) is 0 Å². The van der Waals surface area contributed by atoms with E-state index in [0.717, 1.165) is 49.4 Å². The number of carbonyl (C=O) groups excluding carboxylic acids is 2. The van der Waals surface area contributed by atoms with Crippen molar-refractivity contribution in [3.05, 3.63) is 102 Å². The average Bonchev–Trinajstić information content (AvgIpc) is 2.92. The summed E-state index contributed by atoms with van der Waals surface area (Å²) in [5.41, 5.74) is 3.08. The van der Waals surface area contributed by atoms with Crippen LogP contribution in [0.25, 0.3) is 0 Å². The molecule has 1 aliphatic heterocycles. The van der Waals surface area contributed by atoms with Crippen molar-refractivity contribution in [2.45, 2.75) is 32.0 Å². The Hall–Kier alpha value is -3.64. The number of amides is 1. The molecule has 3 aromatic carbocycles. The molecule has 1 saturated heterocycles. The molecule has 1 heterocycles. The van der Waals surface area contributed by atoms with Gasteiger partial charge in [0.2, 0.25) is 5.91 Å². The summed E-state index contributed by atoms with van der Waals surface area (Å²) < 4.78 is 10.8. The van der Waals surface area contributed by atoms with E-state index in [1.54, 1.807) is 0 Å². The average molecular weight is 473 g/mol. The molecule has 0 radical (unpaired) electrons. The Bertz CT molecular complexity index is 1080. The number of ether oxygens (including phenoxy) is 2. The topological polar surface area (TPSA) is 67.9 Å². The molecule has 1 amide bonds. The van der Waals surface area contributed by atoms with Gasteiger partial charge in [-0.15, -0.1) is 0 Å². The third kappa shape index (κ3) is 6.93. The molecule has 182 valence electrons. The van der Waals surface area contributed by atoms with E-state index in [0.29, 0.717) is 6.61 Å². The second-order valence-electron chi connectivity index (χ2n) is 8.84. The lowest BCUT2D eigenvalue weighted by molar-refractivity contribution is -0.146. The van der Waals surface area contributed by atoms with E-state index in [9.17, 15) is 9.59 Å². The first-order valence-electron chi connectivity index (χ1n) is 12.0. The third-order valence-corrected chi connectivity index (χ3v) is 6.39. The first-order valence-corrected chi connectivity index (χ1v) is 12.0. The fourth-order valence-corrected chi connectivity index (χ4v) is 4.35. The number of piperidine rings is 1. The summed E-state index contributed by atoms with van der Waals surface area (Å²) in [7, 11) is 1.34. The Morgan fingerprint density at radius 3 is 2.14 bits per heavy atom. The standard InChI is InChI=1S/C29H32N2O4/c1-34-29(33)27(24-10-6-3-7-11-24)30-28(32)25-16-18-31(19-17-25)20-22-12-14-26(15-13-22)35-21-23-8-4-2-5-9-23/h2-15,25,27H,16-21H2,1H3,(H,30,32). The van der Waals surface area contributed by atoms with Gasteiger partial charge in [0, 0.05) is 12.5 Å². The van der Waals surface area contributed by atoms with Crippen LogP contribution in [-0.4, -0.2) is 37.0 Å². The van der Waals surface area contributed by atoms with E-state index >= 15 is 0 Å². The summed E-state index contributed by atoms with van der Waals surface area (Å²) in [5.74, 6) is 0.185. The lowest BCUT2D eigenvalue weighted by Crippen LogP contribution is -2.43. The van der Waals surface area contributed by atoms with Crippen LogP contribution in [-0.2, 0) is 27.5 Å². The number of hydrogen-bond acceptors (Lipinski definition) is 5. The van der Waals surface area contributed by atoms with Crippen LogP contribution in [0.3, 0.4) is 0 Å². The fraction of sp³-hybridized carbons (Fsp3) is 0.310. The van der Waals surface area contributed by atoms with E-state index in [2.05, 4.69) is 34.5 Å². The van der Waals surface area contributed by atoms with Crippen LogP contribution in [0.1, 0.15) is 35.6 Å². The minimum atomic E-state index is -0.783. The molecule has 1 fully saturated rings. The molecule has 0 spiro atoms. The van der Waals surface area contributed by atoms with Crippen molar-refractivity contribution in [3.63, 3.8) is 0 Å². The first kappa shape index (κ1) is 24.5. The van der Waals surface area contributed by atoms with Crippen LogP contribution < -0.4 is 10.1 Å². The minimum absolute atomic E-state index is 0.0937. The molecule has 0 aliphatic carbocycles. The number of nitrogens with zero attached hydrogens (tertiary/aromatic N) is 1. The van der Waals surface area contributed by atoms with Gasteiger partial charge in [-0.05, 0) is 54.8 Å². The largest absolute Gasteiger partial charge is 0.489 e. The molecule has 0 bridgehead atoms. The minimum Gasteiger partial charge on any atom is -0.489 e. The summed E-state index contributed by atoms with van der Waals surface area (Å²) in [5, 5.41) is 2.90. The zero-order valence-electron chi connectivity index (χ0n) is 20.1. The van der Waals surface area contributed by atoms with Crippen LogP contribution in [0.4, 0.5) is 0 Å². The monoisotopic (exact) mass is 472 g/mol. The molecule has 1 unspecified atom stereocenters. The van der Waals surface area contributed by atoms with Crippen molar-refractivity contribution >= 4 is 11.9 Å². The molecule has 6 heteroatoms. The van der Waals surface area contributed by atoms with Gasteiger partial charge in [0.15, 0.2) is 6.04 Å². The van der Waals surface area contributed by atoms with Crippen LogP contribution in [0.5, 0.6) is 5.75 Å². The molecular weight excluding hydrogens is 440 g/mol. The molecule has 4 rings (SSSR count). The number of methoxy groups -OCH3 is 1. The zero-order chi connectivity index (χ0) is 24.5. The number of carbonyl (C=O) groups is 2. The van der Waals surface area contributed by atoms with Crippen molar-refractivity contribution in [1.82, 2.24) is 10.2 Å². The van der Waals surface area contributed by atoms with Crippen molar-refractivity contribution in [2.24, 2.45) is 5.92 Å². The van der Waals surface area contributed by atoms with Gasteiger partial charge in [-0.25, -0.2) is 4.79 Å². The van der Waals surface area contributed by atoms with E-state index < -0.39 is 12.0 Å². The second-order valence-corrected chi connectivity index (χ2v) is 8.84. The first-order chi connectivity index (χ1) is 17.1. The maximum atomic E-state index is 12.9. The highest BCUT2D eigenvalue weighted by Gasteiger charge is 2.30. The maximum absolute atomic E-state index is 12.9. The molecule has 3 aromatic rings. The number of likely N-dealkylation sites (tertiary alicyclic amines) is 1. The smallest absolute Gasteiger partial charge is 0.333 e. The van der Waals surface area contributed by atoms with Crippen LogP contribution in [0.15, 0.2) is 84.9 Å². The molecule has 1 aliphatic rings. The normalized spacial score (nSPS) is 15.2. The quantitative estimate of drug-likeness (QED) is 0.464. The second kappa shape index (κ2) is 12.2. The number of hydrogen-bond donors (Lipinski definition) is 1. The van der Waals surface area contributed by atoms with Crippen LogP contribution in [0.2, 0.25) is 0 Å². The molecule has 0 saturated carbocycles. The summed E-state index contributed by atoms with van der Waals surface area (Å²) >= 11 is 0. The van der Waals surface area contributed by atoms with Crippen molar-refractivity contribution < 1.29 is 19.1 Å². The Morgan fingerprint density at radius 2 is 1.51 bits per heavy atom. The molecule has 6 nitrogen and oxygen atoms in total. The van der Waals surface area contributed by atoms with E-state index in [1.165, 1.54) is 12.7 Å². The SMILES string of the molecule is COC(=O)C(NC(=O)C1CCN(Cc2ccc(OCc3ccccc3)cc2)CC1)c1ccccc1. The third-order valence-electron chi connectivity index (χ3n) is 6.39. The Balaban J connectivity index is 1.24. The molecular formula is C29H32N2O4. The fourth-order valence-electron chi connectivity index (χ4n) is 4.35. The predicted octanol–water partition coefficient (Wildman–Crippen LogP) is 4.51. The Kier molecular flexibility index (Phi) is 8.52. The van der Waals surface area contributed by atoms with Crippen LogP contribution in [0, 0.1) is 5.92 Å². The van der Waals surface area contributed by atoms with Gasteiger partial charge in [0.25, 0.3) is 0 Å². The van der Waals surface area contributed by atoms with Crippen LogP contribution >= 0.6 is 0 Å². The summed E-state index contributed by atoms with van der Waals surface area (Å²) in [6, 6.07) is 26.8. The molecule has 0 aromatic heterocycles. The lowest BCUT2D eigenvalue weighted by atomic mass is 9.94. The molecule has 1 N–H and O–H groups in total. The Morgan fingerprint density at radius 1 is 0.886 bits per heavy atom. The van der Waals surface area contributed by atoms with Gasteiger partial charge in [-0.1, -0.05) is 72.8 Å². The number of esters is 1. The summed E-state index contributed by atoms with van der Waals surface area (Å²) in [6.07, 6.45) is 1.51. The van der Waals surface area contributed by atoms with E-state index in [-0.39, 0.29) is 11.8 Å². The Labute approximate surface area is 206 Å². The molecule has 1 atom stereocenters. The van der Waals surface area contributed by atoms with Gasteiger partial charge in [0.1, 0.15) is 12.4 Å². The van der Waals surface area contributed by atoms with Crippen molar-refractivity contribution in [2.75, 3.05) is 20.2 Å². The van der Waals surface area contributed by atoms with Crippen molar-refractivity contribution in [3.8, 4) is 5.75 Å². The lowest BCUT2D eigenvalue weighted by Gasteiger charge is -2.32. The van der Waals surface area contributed by atoms with Gasteiger partial charge in [-0.3, -0.25) is 9.69 Å². The molecule has 35 heavy (non-hydrogen) atoms. The predicted molar refractivity (Wildman–Crippen MR) is 135 cm³/mol. The zero-order valence-corrected chi connectivity index (χ0v) is 20.1. The highest BCUT2D eigenvalue weighted by Crippen LogP contribution is 2.23. The van der Waals surface area contributed by atoms with Gasteiger partial charge < -0.3 is 14.8 Å². The van der Waals surface area contributed by atoms with E-state index in [1.807, 2.05) is 60.7 Å². The van der Waals surface area contributed by atoms with Gasteiger partial charge >= 0.3 is 5.97 Å². The highest BCUT2D eigenvalue weighted by atomic mass is 16.5.